The number of halogens is 1. The maximum atomic E-state index is 9.69. The van der Waals surface area contributed by atoms with Crippen LogP contribution in [0.1, 0.15) is 10.7 Å². The molecule has 0 atom stereocenters. The first-order valence-corrected chi connectivity index (χ1v) is 9.96. The van der Waals surface area contributed by atoms with Crippen molar-refractivity contribution in [2.24, 2.45) is 7.05 Å². The molecule has 4 aromatic rings. The molecule has 5 heteroatoms. The number of thiazole rings is 1. The Balaban J connectivity index is 1.67. The van der Waals surface area contributed by atoms with E-state index in [4.69, 9.17) is 11.6 Å². The van der Waals surface area contributed by atoms with Crippen LogP contribution in [0.4, 0.5) is 0 Å². The molecular weight excluding hydrogens is 386 g/mol. The molecular formula is C23H16ClN3S. The lowest BCUT2D eigenvalue weighted by molar-refractivity contribution is 0.924. The van der Waals surface area contributed by atoms with E-state index in [9.17, 15) is 5.26 Å². The molecule has 0 amide bonds. The van der Waals surface area contributed by atoms with Crippen molar-refractivity contribution in [2.45, 2.75) is 0 Å². The number of benzene rings is 2. The molecule has 0 spiro atoms. The quantitative estimate of drug-likeness (QED) is 0.364. The molecule has 0 aliphatic heterocycles. The van der Waals surface area contributed by atoms with Gasteiger partial charge in [-0.2, -0.15) is 5.26 Å². The molecule has 0 unspecified atom stereocenters. The second-order valence-corrected chi connectivity index (χ2v) is 7.58. The minimum atomic E-state index is 0.552. The second-order valence-electron chi connectivity index (χ2n) is 6.28. The Morgan fingerprint density at radius 3 is 2.50 bits per heavy atom. The fourth-order valence-electron chi connectivity index (χ4n) is 3.01. The van der Waals surface area contributed by atoms with E-state index in [0.29, 0.717) is 10.6 Å². The van der Waals surface area contributed by atoms with Crippen molar-refractivity contribution < 1.29 is 0 Å². The van der Waals surface area contributed by atoms with Crippen molar-refractivity contribution >= 4 is 34.6 Å². The van der Waals surface area contributed by atoms with E-state index >= 15 is 0 Å². The lowest BCUT2D eigenvalue weighted by Gasteiger charge is -2.06. The zero-order valence-corrected chi connectivity index (χ0v) is 16.7. The molecule has 0 saturated heterocycles. The molecule has 0 aliphatic rings. The number of hydrogen-bond acceptors (Lipinski definition) is 3. The largest absolute Gasteiger partial charge is 0.344 e. The Labute approximate surface area is 172 Å². The van der Waals surface area contributed by atoms with Gasteiger partial charge in [0.1, 0.15) is 11.1 Å². The molecule has 28 heavy (non-hydrogen) atoms. The van der Waals surface area contributed by atoms with Gasteiger partial charge in [0.05, 0.1) is 11.3 Å². The molecule has 0 radical (unpaired) electrons. The van der Waals surface area contributed by atoms with Crippen LogP contribution in [0.25, 0.3) is 34.2 Å². The van der Waals surface area contributed by atoms with E-state index in [1.165, 1.54) is 11.3 Å². The van der Waals surface area contributed by atoms with Crippen molar-refractivity contribution in [3.8, 4) is 28.6 Å². The number of aromatic nitrogens is 2. The van der Waals surface area contributed by atoms with E-state index in [0.717, 1.165) is 33.2 Å². The first-order valence-electron chi connectivity index (χ1n) is 8.70. The fourth-order valence-corrected chi connectivity index (χ4v) is 3.93. The summed E-state index contributed by atoms with van der Waals surface area (Å²) in [5, 5.41) is 13.1. The van der Waals surface area contributed by atoms with Crippen LogP contribution in [0.15, 0.2) is 72.1 Å². The minimum Gasteiger partial charge on any atom is -0.344 e. The summed E-state index contributed by atoms with van der Waals surface area (Å²) in [5.74, 6) is 0. The summed E-state index contributed by atoms with van der Waals surface area (Å²) >= 11 is 7.47. The highest BCUT2D eigenvalue weighted by Crippen LogP contribution is 2.29. The van der Waals surface area contributed by atoms with Gasteiger partial charge in [-0.1, -0.05) is 54.1 Å². The van der Waals surface area contributed by atoms with Crippen molar-refractivity contribution in [3.63, 3.8) is 0 Å². The molecule has 0 aliphatic carbocycles. The number of hydrogen-bond donors (Lipinski definition) is 0. The van der Waals surface area contributed by atoms with Gasteiger partial charge in [-0.25, -0.2) is 4.98 Å². The van der Waals surface area contributed by atoms with Crippen LogP contribution >= 0.6 is 22.9 Å². The van der Waals surface area contributed by atoms with Crippen LogP contribution in [0.2, 0.25) is 5.02 Å². The minimum absolute atomic E-state index is 0.552. The zero-order valence-electron chi connectivity index (χ0n) is 15.1. The fraction of sp³-hybridized carbons (Fsp3) is 0.0435. The standard InChI is InChI=1S/C23H16ClN3S/c1-27-20(11-12-22(27)17-7-9-19(24)10-8-17)13-18(14-25)23-26-21(15-28-23)16-5-3-2-4-6-16/h2-13,15H,1H3/b18-13+. The predicted molar refractivity (Wildman–Crippen MR) is 117 cm³/mol. The maximum Gasteiger partial charge on any atom is 0.134 e. The van der Waals surface area contributed by atoms with Crippen LogP contribution in [-0.2, 0) is 7.05 Å². The SMILES string of the molecule is Cn1c(/C=C(\C#N)c2nc(-c3ccccc3)cs2)ccc1-c1ccc(Cl)cc1. The van der Waals surface area contributed by atoms with E-state index < -0.39 is 0 Å². The number of nitrogens with zero attached hydrogens (tertiary/aromatic N) is 3. The Morgan fingerprint density at radius 2 is 1.79 bits per heavy atom. The summed E-state index contributed by atoms with van der Waals surface area (Å²) < 4.78 is 2.06. The molecule has 136 valence electrons. The van der Waals surface area contributed by atoms with Crippen molar-refractivity contribution in [3.05, 3.63) is 87.8 Å². The number of allylic oxidation sites excluding steroid dienone is 1. The molecule has 2 aromatic carbocycles. The Morgan fingerprint density at radius 1 is 1.04 bits per heavy atom. The van der Waals surface area contributed by atoms with Gasteiger partial charge in [0.25, 0.3) is 0 Å². The third kappa shape index (κ3) is 3.63. The third-order valence-corrected chi connectivity index (χ3v) is 5.64. The Bertz CT molecular complexity index is 1180. The van der Waals surface area contributed by atoms with Gasteiger partial charge in [-0.05, 0) is 35.9 Å². The topological polar surface area (TPSA) is 41.6 Å². The van der Waals surface area contributed by atoms with Crippen molar-refractivity contribution in [1.82, 2.24) is 9.55 Å². The molecule has 3 nitrogen and oxygen atoms in total. The van der Waals surface area contributed by atoms with Gasteiger partial charge in [-0.15, -0.1) is 11.3 Å². The highest BCUT2D eigenvalue weighted by Gasteiger charge is 2.11. The average molecular weight is 402 g/mol. The molecule has 4 rings (SSSR count). The monoisotopic (exact) mass is 401 g/mol. The highest BCUT2D eigenvalue weighted by atomic mass is 35.5. The average Bonchev–Trinajstić information content (AvgIpc) is 3.35. The molecule has 2 heterocycles. The molecule has 0 bridgehead atoms. The van der Waals surface area contributed by atoms with E-state index in [2.05, 4.69) is 15.6 Å². The van der Waals surface area contributed by atoms with Gasteiger partial charge < -0.3 is 4.57 Å². The summed E-state index contributed by atoms with van der Waals surface area (Å²) in [7, 11) is 1.99. The lowest BCUT2D eigenvalue weighted by atomic mass is 10.1. The van der Waals surface area contributed by atoms with Gasteiger partial charge >= 0.3 is 0 Å². The smallest absolute Gasteiger partial charge is 0.134 e. The normalized spacial score (nSPS) is 11.4. The summed E-state index contributed by atoms with van der Waals surface area (Å²) in [4.78, 5) is 4.66. The molecule has 0 fully saturated rings. The molecule has 0 N–H and O–H groups in total. The van der Waals surface area contributed by atoms with Crippen LogP contribution in [0.5, 0.6) is 0 Å². The van der Waals surface area contributed by atoms with E-state index in [1.54, 1.807) is 0 Å². The number of rotatable bonds is 4. The first-order chi connectivity index (χ1) is 13.7. The maximum absolute atomic E-state index is 9.69. The van der Waals surface area contributed by atoms with E-state index in [-0.39, 0.29) is 0 Å². The summed E-state index contributed by atoms with van der Waals surface area (Å²) in [6.07, 6.45) is 1.88. The molecule has 2 aromatic heterocycles. The Hall–Kier alpha value is -3.13. The van der Waals surface area contributed by atoms with Gasteiger partial charge in [0.2, 0.25) is 0 Å². The molecule has 0 saturated carbocycles. The van der Waals surface area contributed by atoms with Crippen molar-refractivity contribution in [1.29, 1.82) is 5.26 Å². The lowest BCUT2D eigenvalue weighted by Crippen LogP contribution is -1.94. The van der Waals surface area contributed by atoms with Crippen LogP contribution in [0.3, 0.4) is 0 Å². The van der Waals surface area contributed by atoms with E-state index in [1.807, 2.05) is 85.2 Å². The summed E-state index contributed by atoms with van der Waals surface area (Å²) in [6, 6.07) is 24.1. The first kappa shape index (κ1) is 18.2. The van der Waals surface area contributed by atoms with Gasteiger partial charge in [0.15, 0.2) is 0 Å². The van der Waals surface area contributed by atoms with Crippen LogP contribution < -0.4 is 0 Å². The van der Waals surface area contributed by atoms with Crippen LogP contribution in [-0.4, -0.2) is 9.55 Å². The predicted octanol–water partition coefficient (Wildman–Crippen LogP) is 6.53. The van der Waals surface area contributed by atoms with Crippen molar-refractivity contribution in [2.75, 3.05) is 0 Å². The van der Waals surface area contributed by atoms with Gasteiger partial charge in [0, 0.05) is 34.4 Å². The summed E-state index contributed by atoms with van der Waals surface area (Å²) in [6.45, 7) is 0. The zero-order chi connectivity index (χ0) is 19.5. The second kappa shape index (κ2) is 7.85. The highest BCUT2D eigenvalue weighted by molar-refractivity contribution is 7.11. The van der Waals surface area contributed by atoms with Crippen LogP contribution in [0, 0.1) is 11.3 Å². The summed E-state index contributed by atoms with van der Waals surface area (Å²) in [5.41, 5.74) is 5.56. The third-order valence-electron chi connectivity index (χ3n) is 4.52. The van der Waals surface area contributed by atoms with Gasteiger partial charge in [-0.3, -0.25) is 0 Å². The number of nitriles is 1. The Kier molecular flexibility index (Phi) is 5.12.